The molecule has 0 unspecified atom stereocenters. The van der Waals surface area contributed by atoms with Gasteiger partial charge in [0.2, 0.25) is 23.3 Å². The van der Waals surface area contributed by atoms with Crippen molar-refractivity contribution in [2.24, 2.45) is 5.92 Å². The predicted molar refractivity (Wildman–Crippen MR) is 191 cm³/mol. The van der Waals surface area contributed by atoms with Crippen molar-refractivity contribution in [3.8, 4) is 45.3 Å². The van der Waals surface area contributed by atoms with Crippen LogP contribution in [-0.2, 0) is 9.47 Å². The van der Waals surface area contributed by atoms with Gasteiger partial charge in [-0.25, -0.2) is 17.6 Å². The summed E-state index contributed by atoms with van der Waals surface area (Å²) < 4.78 is 149. The summed E-state index contributed by atoms with van der Waals surface area (Å²) in [5.74, 6) is -11.8. The van der Waals surface area contributed by atoms with Gasteiger partial charge in [-0.05, 0) is 94.5 Å². The highest BCUT2D eigenvalue weighted by Crippen LogP contribution is 2.36. The molecule has 0 atom stereocenters. The second-order valence-corrected chi connectivity index (χ2v) is 12.4. The van der Waals surface area contributed by atoms with E-state index < -0.39 is 68.8 Å². The highest BCUT2D eigenvalue weighted by Gasteiger charge is 2.23. The SMILES string of the molecule is CCOc1ccc(-c2ccc(OCCCCOCC(CC)COCCCCOc3ccc(-c4ccc(OCC)c(F)c4F)c(F)c3F)c(F)c2F)c(F)c1F. The van der Waals surface area contributed by atoms with Gasteiger partial charge < -0.3 is 28.4 Å². The second kappa shape index (κ2) is 21.5. The zero-order valence-corrected chi connectivity index (χ0v) is 30.9. The van der Waals surface area contributed by atoms with Crippen molar-refractivity contribution in [3.05, 3.63) is 95.1 Å². The van der Waals surface area contributed by atoms with Gasteiger partial charge in [0.05, 0.1) is 39.6 Å². The normalized spacial score (nSPS) is 11.3. The maximum absolute atomic E-state index is 14.8. The van der Waals surface area contributed by atoms with Gasteiger partial charge in [-0.1, -0.05) is 6.92 Å². The Balaban J connectivity index is 1.09. The molecule has 0 saturated carbocycles. The third-order valence-electron chi connectivity index (χ3n) is 8.53. The summed E-state index contributed by atoms with van der Waals surface area (Å²) in [6.07, 6.45) is 2.94. The lowest BCUT2D eigenvalue weighted by molar-refractivity contribution is 0.0342. The maximum atomic E-state index is 14.8. The van der Waals surface area contributed by atoms with E-state index in [2.05, 4.69) is 0 Å². The van der Waals surface area contributed by atoms with Crippen LogP contribution in [-0.4, -0.2) is 52.9 Å². The molecule has 0 N–H and O–H groups in total. The highest BCUT2D eigenvalue weighted by atomic mass is 19.2. The van der Waals surface area contributed by atoms with E-state index in [1.807, 2.05) is 6.92 Å². The Kier molecular flexibility index (Phi) is 16.9. The molecule has 0 radical (unpaired) electrons. The number of rotatable bonds is 23. The Labute approximate surface area is 315 Å². The fraction of sp³-hybridized carbons (Fsp3) is 0.415. The first-order valence-electron chi connectivity index (χ1n) is 18.1. The monoisotopic (exact) mass is 784 g/mol. The lowest BCUT2D eigenvalue weighted by Crippen LogP contribution is -2.17. The maximum Gasteiger partial charge on any atom is 0.201 e. The molecule has 0 spiro atoms. The minimum absolute atomic E-state index is 0.0764. The molecule has 0 aliphatic heterocycles. The minimum Gasteiger partial charge on any atom is -0.491 e. The van der Waals surface area contributed by atoms with Gasteiger partial charge in [0.15, 0.2) is 46.3 Å². The molecule has 6 nitrogen and oxygen atoms in total. The van der Waals surface area contributed by atoms with E-state index in [4.69, 9.17) is 28.4 Å². The van der Waals surface area contributed by atoms with Gasteiger partial charge in [-0.15, -0.1) is 0 Å². The first-order chi connectivity index (χ1) is 26.5. The number of hydrogen-bond donors (Lipinski definition) is 0. The Morgan fingerprint density at radius 3 is 0.964 bits per heavy atom. The fourth-order valence-electron chi connectivity index (χ4n) is 5.48. The van der Waals surface area contributed by atoms with E-state index in [0.29, 0.717) is 52.1 Å². The van der Waals surface area contributed by atoms with Crippen LogP contribution in [0.25, 0.3) is 22.3 Å². The number of benzene rings is 4. The third-order valence-corrected chi connectivity index (χ3v) is 8.53. The molecular formula is C41H44F8O6. The molecule has 4 aromatic rings. The molecule has 0 saturated heterocycles. The van der Waals surface area contributed by atoms with E-state index in [1.54, 1.807) is 13.8 Å². The van der Waals surface area contributed by atoms with Crippen molar-refractivity contribution in [2.75, 3.05) is 52.9 Å². The van der Waals surface area contributed by atoms with Crippen LogP contribution < -0.4 is 18.9 Å². The van der Waals surface area contributed by atoms with Crippen molar-refractivity contribution in [2.45, 2.75) is 52.9 Å². The molecular weight excluding hydrogens is 740 g/mol. The number of halogens is 8. The Hall–Kier alpha value is -4.56. The summed E-state index contributed by atoms with van der Waals surface area (Å²) in [4.78, 5) is 0. The summed E-state index contributed by atoms with van der Waals surface area (Å²) in [6.45, 7) is 7.26. The van der Waals surface area contributed by atoms with Crippen molar-refractivity contribution in [1.82, 2.24) is 0 Å². The van der Waals surface area contributed by atoms with Gasteiger partial charge in [0.25, 0.3) is 0 Å². The van der Waals surface area contributed by atoms with Crippen LogP contribution in [0.1, 0.15) is 52.9 Å². The second-order valence-electron chi connectivity index (χ2n) is 12.4. The zero-order valence-electron chi connectivity index (χ0n) is 30.9. The first kappa shape index (κ1) is 43.2. The van der Waals surface area contributed by atoms with E-state index in [0.717, 1.165) is 55.0 Å². The largest absolute Gasteiger partial charge is 0.491 e. The molecule has 0 aromatic heterocycles. The van der Waals surface area contributed by atoms with Crippen molar-refractivity contribution in [1.29, 1.82) is 0 Å². The predicted octanol–water partition coefficient (Wildman–Crippen LogP) is 11.0. The molecule has 0 heterocycles. The summed E-state index contributed by atoms with van der Waals surface area (Å²) in [6, 6.07) is 9.13. The highest BCUT2D eigenvalue weighted by molar-refractivity contribution is 5.68. The summed E-state index contributed by atoms with van der Waals surface area (Å²) >= 11 is 0. The van der Waals surface area contributed by atoms with Crippen LogP contribution in [0.2, 0.25) is 0 Å². The molecule has 0 bridgehead atoms. The fourth-order valence-corrected chi connectivity index (χ4v) is 5.48. The Bertz CT molecular complexity index is 1730. The minimum atomic E-state index is -1.36. The van der Waals surface area contributed by atoms with Crippen LogP contribution in [0.4, 0.5) is 35.1 Å². The molecule has 0 amide bonds. The van der Waals surface area contributed by atoms with Crippen LogP contribution in [0.5, 0.6) is 23.0 Å². The zero-order chi connectivity index (χ0) is 39.9. The smallest absolute Gasteiger partial charge is 0.201 e. The summed E-state index contributed by atoms with van der Waals surface area (Å²) in [5, 5.41) is 0. The van der Waals surface area contributed by atoms with Crippen LogP contribution in [0, 0.1) is 52.5 Å². The number of hydrogen-bond acceptors (Lipinski definition) is 6. The van der Waals surface area contributed by atoms with E-state index in [9.17, 15) is 35.1 Å². The van der Waals surface area contributed by atoms with E-state index in [-0.39, 0.29) is 55.3 Å². The molecule has 0 aliphatic rings. The van der Waals surface area contributed by atoms with Crippen LogP contribution in [0.15, 0.2) is 48.5 Å². The third kappa shape index (κ3) is 11.3. The Morgan fingerprint density at radius 2 is 0.673 bits per heavy atom. The van der Waals surface area contributed by atoms with Crippen molar-refractivity contribution < 1.29 is 63.5 Å². The lowest BCUT2D eigenvalue weighted by Gasteiger charge is -2.16. The lowest BCUT2D eigenvalue weighted by atomic mass is 10.0. The molecule has 4 rings (SSSR count). The van der Waals surface area contributed by atoms with E-state index in [1.165, 1.54) is 0 Å². The Morgan fingerprint density at radius 1 is 0.382 bits per heavy atom. The van der Waals surface area contributed by atoms with Gasteiger partial charge in [0.1, 0.15) is 0 Å². The summed E-state index contributed by atoms with van der Waals surface area (Å²) in [7, 11) is 0. The number of ether oxygens (including phenoxy) is 6. The first-order valence-corrected chi connectivity index (χ1v) is 18.1. The number of unbranched alkanes of at least 4 members (excludes halogenated alkanes) is 2. The quantitative estimate of drug-likeness (QED) is 0.0552. The molecule has 14 heteroatoms. The van der Waals surface area contributed by atoms with Gasteiger partial charge in [-0.3, -0.25) is 0 Å². The summed E-state index contributed by atoms with van der Waals surface area (Å²) in [5.41, 5.74) is -1.78. The molecule has 0 fully saturated rings. The van der Waals surface area contributed by atoms with Gasteiger partial charge >= 0.3 is 0 Å². The van der Waals surface area contributed by atoms with Crippen molar-refractivity contribution >= 4 is 0 Å². The molecule has 55 heavy (non-hydrogen) atoms. The van der Waals surface area contributed by atoms with Gasteiger partial charge in [-0.2, -0.15) is 17.6 Å². The van der Waals surface area contributed by atoms with Gasteiger partial charge in [0, 0.05) is 41.4 Å². The molecule has 4 aromatic carbocycles. The van der Waals surface area contributed by atoms with Crippen molar-refractivity contribution in [3.63, 3.8) is 0 Å². The van der Waals surface area contributed by atoms with Crippen LogP contribution >= 0.6 is 0 Å². The standard InChI is InChI=1S/C41H44F8O6/c1-4-25(23-50-19-7-9-21-54-32-17-13-28(36(44)40(32)48)26-11-15-30(52-5-2)38(46)34(26)42)24-51-20-8-10-22-55-33-18-14-29(37(45)41(33)49)27-12-16-31(53-6-3)39(47)35(27)43/h11-18,25H,4-10,19-24H2,1-3H3. The van der Waals surface area contributed by atoms with Crippen LogP contribution in [0.3, 0.4) is 0 Å². The topological polar surface area (TPSA) is 55.4 Å². The molecule has 0 aliphatic carbocycles. The average Bonchev–Trinajstić information content (AvgIpc) is 3.18. The molecule has 300 valence electrons. The van der Waals surface area contributed by atoms with E-state index >= 15 is 0 Å². The average molecular weight is 785 g/mol.